The van der Waals surface area contributed by atoms with Crippen molar-refractivity contribution in [3.05, 3.63) is 52.0 Å². The monoisotopic (exact) mass is 579 g/mol. The Morgan fingerprint density at radius 3 is 2.48 bits per heavy atom. The molecule has 0 aliphatic carbocycles. The van der Waals surface area contributed by atoms with E-state index in [2.05, 4.69) is 59.3 Å². The van der Waals surface area contributed by atoms with Gasteiger partial charge in [-0.3, -0.25) is 9.69 Å². The van der Waals surface area contributed by atoms with Gasteiger partial charge in [0.25, 0.3) is 5.91 Å². The van der Waals surface area contributed by atoms with Crippen LogP contribution in [-0.2, 0) is 16.6 Å². The molecule has 1 saturated heterocycles. The fourth-order valence-corrected chi connectivity index (χ4v) is 5.71. The van der Waals surface area contributed by atoms with Gasteiger partial charge in [-0.15, -0.1) is 0 Å². The molecule has 2 aliphatic heterocycles. The molecule has 4 heterocycles. The number of nitrogens with one attached hydrogen (secondary N) is 2. The number of carbonyl (C=O) groups is 1. The SMILES string of the molecule is COc1nc(NCCCN2CCOCC2)nc(OC)c1NC(=O)c1ccc(Cc2c(C)cc(C)c3c2OCC3(C)C)o1. The molecule has 2 aromatic heterocycles. The topological polar surface area (TPSA) is 120 Å². The van der Waals surface area contributed by atoms with Gasteiger partial charge >= 0.3 is 0 Å². The number of anilines is 2. The van der Waals surface area contributed by atoms with Gasteiger partial charge < -0.3 is 34.0 Å². The average molecular weight is 580 g/mol. The van der Waals surface area contributed by atoms with Crippen molar-refractivity contribution in [2.75, 3.05) is 70.9 Å². The van der Waals surface area contributed by atoms with Crippen LogP contribution >= 0.6 is 0 Å². The first kappa shape index (κ1) is 29.7. The van der Waals surface area contributed by atoms with Crippen LogP contribution < -0.4 is 24.8 Å². The van der Waals surface area contributed by atoms with Crippen molar-refractivity contribution in [3.8, 4) is 17.5 Å². The van der Waals surface area contributed by atoms with Crippen LogP contribution in [0, 0.1) is 13.8 Å². The molecule has 11 nitrogen and oxygen atoms in total. The second-order valence-electron chi connectivity index (χ2n) is 11.4. The molecule has 11 heteroatoms. The molecular formula is C31H41N5O6. The highest BCUT2D eigenvalue weighted by atomic mass is 16.5. The number of nitrogens with zero attached hydrogens (tertiary/aromatic N) is 3. The quantitative estimate of drug-likeness (QED) is 0.317. The minimum absolute atomic E-state index is 0.0513. The van der Waals surface area contributed by atoms with E-state index < -0.39 is 5.91 Å². The van der Waals surface area contributed by atoms with Crippen LogP contribution in [0.25, 0.3) is 0 Å². The van der Waals surface area contributed by atoms with Gasteiger partial charge in [-0.2, -0.15) is 9.97 Å². The number of aryl methyl sites for hydroxylation is 2. The Bertz CT molecular complexity index is 1400. The molecule has 5 rings (SSSR count). The van der Waals surface area contributed by atoms with E-state index in [1.54, 1.807) is 6.07 Å². The molecule has 3 aromatic rings. The van der Waals surface area contributed by atoms with Gasteiger partial charge in [-0.1, -0.05) is 19.9 Å². The van der Waals surface area contributed by atoms with E-state index in [-0.39, 0.29) is 28.6 Å². The number of furan rings is 1. The first-order valence-electron chi connectivity index (χ1n) is 14.4. The Morgan fingerprint density at radius 2 is 1.79 bits per heavy atom. The maximum Gasteiger partial charge on any atom is 0.291 e. The van der Waals surface area contributed by atoms with Crippen molar-refractivity contribution in [2.24, 2.45) is 0 Å². The molecule has 0 saturated carbocycles. The fraction of sp³-hybridized carbons (Fsp3) is 0.516. The van der Waals surface area contributed by atoms with Gasteiger partial charge in [0.15, 0.2) is 11.4 Å². The Kier molecular flexibility index (Phi) is 8.88. The van der Waals surface area contributed by atoms with E-state index in [9.17, 15) is 4.79 Å². The van der Waals surface area contributed by atoms with Crippen molar-refractivity contribution in [3.63, 3.8) is 0 Å². The zero-order valence-corrected chi connectivity index (χ0v) is 25.4. The smallest absolute Gasteiger partial charge is 0.291 e. The number of rotatable bonds is 11. The second kappa shape index (κ2) is 12.6. The maximum absolute atomic E-state index is 13.2. The summed E-state index contributed by atoms with van der Waals surface area (Å²) < 4.78 is 28.5. The van der Waals surface area contributed by atoms with Crippen LogP contribution in [0.2, 0.25) is 0 Å². The zero-order valence-electron chi connectivity index (χ0n) is 25.4. The highest BCUT2D eigenvalue weighted by Crippen LogP contribution is 2.44. The molecular weight excluding hydrogens is 538 g/mol. The summed E-state index contributed by atoms with van der Waals surface area (Å²) in [5, 5.41) is 6.03. The van der Waals surface area contributed by atoms with Gasteiger partial charge in [-0.05, 0) is 50.1 Å². The Balaban J connectivity index is 1.26. The highest BCUT2D eigenvalue weighted by Gasteiger charge is 2.36. The van der Waals surface area contributed by atoms with Gasteiger partial charge in [-0.25, -0.2) is 0 Å². The molecule has 1 aromatic carbocycles. The molecule has 0 spiro atoms. The summed E-state index contributed by atoms with van der Waals surface area (Å²) in [6, 6.07) is 5.67. The van der Waals surface area contributed by atoms with E-state index in [0.29, 0.717) is 31.3 Å². The zero-order chi connectivity index (χ0) is 29.9. The largest absolute Gasteiger partial charge is 0.492 e. The number of hydrogen-bond acceptors (Lipinski definition) is 10. The molecule has 0 unspecified atom stereocenters. The van der Waals surface area contributed by atoms with Gasteiger partial charge in [0.05, 0.1) is 34.0 Å². The number of fused-ring (bicyclic) bond motifs is 1. The van der Waals surface area contributed by atoms with E-state index in [1.807, 2.05) is 6.07 Å². The predicted molar refractivity (Wildman–Crippen MR) is 159 cm³/mol. The lowest BCUT2D eigenvalue weighted by atomic mass is 9.82. The third-order valence-electron chi connectivity index (χ3n) is 7.80. The van der Waals surface area contributed by atoms with Gasteiger partial charge in [0, 0.05) is 42.6 Å². The fourth-order valence-electron chi connectivity index (χ4n) is 5.71. The number of benzene rings is 1. The Hall–Kier alpha value is -3.83. The van der Waals surface area contributed by atoms with Crippen LogP contribution in [0.5, 0.6) is 17.5 Å². The number of aromatic nitrogens is 2. The molecule has 1 amide bonds. The summed E-state index contributed by atoms with van der Waals surface area (Å²) in [5.41, 5.74) is 4.85. The summed E-state index contributed by atoms with van der Waals surface area (Å²) in [7, 11) is 2.96. The molecule has 0 atom stereocenters. The lowest BCUT2D eigenvalue weighted by Gasteiger charge is -2.26. The molecule has 2 aliphatic rings. The summed E-state index contributed by atoms with van der Waals surface area (Å²) in [4.78, 5) is 24.5. The lowest BCUT2D eigenvalue weighted by Crippen LogP contribution is -2.37. The molecule has 2 N–H and O–H groups in total. The molecule has 0 radical (unpaired) electrons. The Labute approximate surface area is 246 Å². The summed E-state index contributed by atoms with van der Waals surface area (Å²) in [6.45, 7) is 14.3. The van der Waals surface area contributed by atoms with Crippen molar-refractivity contribution >= 4 is 17.5 Å². The number of methoxy groups -OCH3 is 2. The summed E-state index contributed by atoms with van der Waals surface area (Å²) >= 11 is 0. The molecule has 1 fully saturated rings. The lowest BCUT2D eigenvalue weighted by molar-refractivity contribution is 0.0378. The number of ether oxygens (including phenoxy) is 4. The Morgan fingerprint density at radius 1 is 1.07 bits per heavy atom. The molecule has 226 valence electrons. The third kappa shape index (κ3) is 6.32. The van der Waals surface area contributed by atoms with Crippen molar-refractivity contribution in [2.45, 2.75) is 46.0 Å². The standard InChI is InChI=1S/C31H41N5O6/c1-19-16-20(2)24-26(41-18-31(24,3)4)22(19)17-21-8-9-23(42-21)27(37)33-25-28(38-5)34-30(35-29(25)39-6)32-10-7-11-36-12-14-40-15-13-36/h8-9,16H,7,10-15,17-18H2,1-6H3,(H,33,37)(H,32,34,35). The van der Waals surface area contributed by atoms with Gasteiger partial charge in [0.1, 0.15) is 11.5 Å². The van der Waals surface area contributed by atoms with E-state index in [1.165, 1.54) is 25.3 Å². The van der Waals surface area contributed by atoms with Crippen LogP contribution in [0.4, 0.5) is 11.6 Å². The average Bonchev–Trinajstić information content (AvgIpc) is 3.58. The van der Waals surface area contributed by atoms with E-state index in [0.717, 1.165) is 56.1 Å². The van der Waals surface area contributed by atoms with Crippen molar-refractivity contribution in [1.82, 2.24) is 14.9 Å². The summed E-state index contributed by atoms with van der Waals surface area (Å²) in [5.74, 6) is 2.01. The first-order chi connectivity index (χ1) is 20.2. The van der Waals surface area contributed by atoms with E-state index in [4.69, 9.17) is 23.4 Å². The van der Waals surface area contributed by atoms with Gasteiger partial charge in [0.2, 0.25) is 17.7 Å². The first-order valence-corrected chi connectivity index (χ1v) is 14.4. The molecule has 0 bridgehead atoms. The van der Waals surface area contributed by atoms with Crippen molar-refractivity contribution in [1.29, 1.82) is 0 Å². The van der Waals surface area contributed by atoms with Crippen LogP contribution in [0.15, 0.2) is 22.6 Å². The number of amides is 1. The highest BCUT2D eigenvalue weighted by molar-refractivity contribution is 6.03. The number of hydrogen-bond donors (Lipinski definition) is 2. The normalized spacial score (nSPS) is 16.0. The summed E-state index contributed by atoms with van der Waals surface area (Å²) in [6.07, 6.45) is 1.43. The third-order valence-corrected chi connectivity index (χ3v) is 7.80. The maximum atomic E-state index is 13.2. The van der Waals surface area contributed by atoms with Crippen molar-refractivity contribution < 1.29 is 28.2 Å². The number of morpholine rings is 1. The number of carbonyl (C=O) groups excluding carboxylic acids is 1. The second-order valence-corrected chi connectivity index (χ2v) is 11.4. The predicted octanol–water partition coefficient (Wildman–Crippen LogP) is 4.35. The molecule has 42 heavy (non-hydrogen) atoms. The van der Waals surface area contributed by atoms with E-state index >= 15 is 0 Å². The van der Waals surface area contributed by atoms with Crippen LogP contribution in [-0.4, -0.2) is 81.0 Å². The van der Waals surface area contributed by atoms with Crippen LogP contribution in [0.3, 0.4) is 0 Å². The minimum atomic E-state index is -0.462. The minimum Gasteiger partial charge on any atom is -0.492 e. The van der Waals surface area contributed by atoms with Crippen LogP contribution in [0.1, 0.15) is 58.8 Å².